The van der Waals surface area contributed by atoms with Crippen molar-refractivity contribution in [3.63, 3.8) is 0 Å². The first-order chi connectivity index (χ1) is 14.4. The molecular weight excluding hydrogens is 378 g/mol. The third-order valence-electron chi connectivity index (χ3n) is 5.28. The van der Waals surface area contributed by atoms with Gasteiger partial charge in [-0.1, -0.05) is 23.8 Å². The van der Waals surface area contributed by atoms with Crippen LogP contribution in [0.15, 0.2) is 36.4 Å². The van der Waals surface area contributed by atoms with Crippen LogP contribution in [0.2, 0.25) is 0 Å². The van der Waals surface area contributed by atoms with Crippen LogP contribution >= 0.6 is 0 Å². The second-order valence-corrected chi connectivity index (χ2v) is 8.00. The van der Waals surface area contributed by atoms with Crippen molar-refractivity contribution >= 4 is 23.2 Å². The van der Waals surface area contributed by atoms with Gasteiger partial charge in [0, 0.05) is 17.4 Å². The van der Waals surface area contributed by atoms with Crippen LogP contribution in [0.3, 0.4) is 0 Å². The molecule has 0 bridgehead atoms. The molecule has 2 aromatic rings. The number of benzene rings is 2. The summed E-state index contributed by atoms with van der Waals surface area (Å²) in [6.45, 7) is 5.96. The summed E-state index contributed by atoms with van der Waals surface area (Å²) in [4.78, 5) is 24.4. The maximum atomic E-state index is 12.2. The quantitative estimate of drug-likeness (QED) is 0.613. The summed E-state index contributed by atoms with van der Waals surface area (Å²) in [6, 6.07) is 11.7. The molecular formula is C24H31N3O3. The Bertz CT molecular complexity index is 881. The number of amides is 2. The predicted molar refractivity (Wildman–Crippen MR) is 120 cm³/mol. The van der Waals surface area contributed by atoms with Crippen molar-refractivity contribution in [2.45, 2.75) is 52.6 Å². The van der Waals surface area contributed by atoms with Gasteiger partial charge in [0.25, 0.3) is 0 Å². The third kappa shape index (κ3) is 6.24. The van der Waals surface area contributed by atoms with Crippen LogP contribution in [0.4, 0.5) is 11.4 Å². The van der Waals surface area contributed by atoms with Crippen LogP contribution in [0.1, 0.15) is 42.4 Å². The maximum Gasteiger partial charge on any atom is 0.243 e. The number of rotatable bonds is 8. The zero-order valence-electron chi connectivity index (χ0n) is 18.0. The lowest BCUT2D eigenvalue weighted by atomic mass is 10.1. The number of hydrogen-bond donors (Lipinski definition) is 3. The minimum absolute atomic E-state index is 0.0713. The molecule has 0 aromatic heterocycles. The van der Waals surface area contributed by atoms with Crippen molar-refractivity contribution in [2.75, 3.05) is 23.7 Å². The van der Waals surface area contributed by atoms with Gasteiger partial charge in [0.2, 0.25) is 11.8 Å². The predicted octanol–water partition coefficient (Wildman–Crippen LogP) is 4.10. The van der Waals surface area contributed by atoms with E-state index < -0.39 is 0 Å². The highest BCUT2D eigenvalue weighted by Crippen LogP contribution is 2.25. The van der Waals surface area contributed by atoms with Crippen molar-refractivity contribution in [1.82, 2.24) is 5.32 Å². The molecule has 2 aromatic carbocycles. The molecule has 6 heteroatoms. The average Bonchev–Trinajstić information content (AvgIpc) is 3.21. The topological polar surface area (TPSA) is 79.5 Å². The van der Waals surface area contributed by atoms with Gasteiger partial charge in [-0.25, -0.2) is 0 Å². The second kappa shape index (κ2) is 10.1. The van der Waals surface area contributed by atoms with Crippen molar-refractivity contribution in [3.8, 4) is 5.75 Å². The Morgan fingerprint density at radius 2 is 1.67 bits per heavy atom. The van der Waals surface area contributed by atoms with Gasteiger partial charge >= 0.3 is 0 Å². The van der Waals surface area contributed by atoms with Crippen LogP contribution in [0.25, 0.3) is 0 Å². The van der Waals surface area contributed by atoms with Crippen LogP contribution in [-0.2, 0) is 9.59 Å². The fourth-order valence-electron chi connectivity index (χ4n) is 3.86. The van der Waals surface area contributed by atoms with E-state index in [1.165, 1.54) is 12.8 Å². The Hall–Kier alpha value is -3.02. The normalized spacial score (nSPS) is 13.7. The van der Waals surface area contributed by atoms with Crippen molar-refractivity contribution in [1.29, 1.82) is 0 Å². The van der Waals surface area contributed by atoms with E-state index in [2.05, 4.69) is 16.0 Å². The highest BCUT2D eigenvalue weighted by atomic mass is 16.5. The van der Waals surface area contributed by atoms with Crippen molar-refractivity contribution in [3.05, 3.63) is 53.1 Å². The molecule has 6 nitrogen and oxygen atoms in total. The fourth-order valence-corrected chi connectivity index (χ4v) is 3.86. The van der Waals surface area contributed by atoms with E-state index in [4.69, 9.17) is 4.74 Å². The Labute approximate surface area is 178 Å². The average molecular weight is 410 g/mol. The number of ether oxygens (including phenoxy) is 1. The number of carbonyl (C=O) groups excluding carboxylic acids is 2. The smallest absolute Gasteiger partial charge is 0.243 e. The van der Waals surface area contributed by atoms with E-state index in [9.17, 15) is 9.59 Å². The SMILES string of the molecule is Cc1cc(C)c(NC(=O)CNC(=O)CNc2cccc(OC3CCCC3)c2)c(C)c1. The minimum Gasteiger partial charge on any atom is -0.490 e. The molecule has 3 rings (SSSR count). The third-order valence-corrected chi connectivity index (χ3v) is 5.28. The molecule has 0 radical (unpaired) electrons. The molecule has 0 atom stereocenters. The molecule has 30 heavy (non-hydrogen) atoms. The molecule has 0 saturated heterocycles. The zero-order valence-corrected chi connectivity index (χ0v) is 18.0. The largest absolute Gasteiger partial charge is 0.490 e. The summed E-state index contributed by atoms with van der Waals surface area (Å²) >= 11 is 0. The van der Waals surface area contributed by atoms with Gasteiger partial charge in [0.05, 0.1) is 19.2 Å². The van der Waals surface area contributed by atoms with Gasteiger partial charge in [-0.05, 0) is 69.7 Å². The molecule has 1 aliphatic rings. The lowest BCUT2D eigenvalue weighted by molar-refractivity contribution is -0.122. The Balaban J connectivity index is 1.43. The van der Waals surface area contributed by atoms with E-state index in [0.29, 0.717) is 6.10 Å². The highest BCUT2D eigenvalue weighted by Gasteiger charge is 2.16. The van der Waals surface area contributed by atoms with Gasteiger partial charge in [0.1, 0.15) is 5.75 Å². The standard InChI is InChI=1S/C24H31N3O3/c1-16-11-17(2)24(18(3)12-16)27-23(29)15-26-22(28)14-25-19-7-6-10-21(13-19)30-20-8-4-5-9-20/h6-7,10-13,20,25H,4-5,8-9,14-15H2,1-3H3,(H,26,28)(H,27,29). The molecule has 160 valence electrons. The lowest BCUT2D eigenvalue weighted by Gasteiger charge is -2.15. The number of carbonyl (C=O) groups is 2. The van der Waals surface area contributed by atoms with E-state index in [0.717, 1.165) is 46.7 Å². The number of hydrogen-bond acceptors (Lipinski definition) is 4. The lowest BCUT2D eigenvalue weighted by Crippen LogP contribution is -2.36. The van der Waals surface area contributed by atoms with E-state index in [1.807, 2.05) is 57.2 Å². The molecule has 0 aliphatic heterocycles. The number of aryl methyl sites for hydroxylation is 3. The number of anilines is 2. The molecule has 0 unspecified atom stereocenters. The molecule has 1 saturated carbocycles. The molecule has 2 amide bonds. The molecule has 0 heterocycles. The summed E-state index contributed by atoms with van der Waals surface area (Å²) in [5.74, 6) is 0.325. The summed E-state index contributed by atoms with van der Waals surface area (Å²) in [5.41, 5.74) is 4.79. The summed E-state index contributed by atoms with van der Waals surface area (Å²) in [6.07, 6.45) is 4.94. The van der Waals surface area contributed by atoms with E-state index >= 15 is 0 Å². The first kappa shape index (κ1) is 21.7. The van der Waals surface area contributed by atoms with Crippen LogP contribution < -0.4 is 20.7 Å². The summed E-state index contributed by atoms with van der Waals surface area (Å²) in [5, 5.41) is 8.62. The van der Waals surface area contributed by atoms with Crippen LogP contribution in [0.5, 0.6) is 5.75 Å². The fraction of sp³-hybridized carbons (Fsp3) is 0.417. The van der Waals surface area contributed by atoms with Gasteiger partial charge in [0.15, 0.2) is 0 Å². The number of nitrogens with one attached hydrogen (secondary N) is 3. The van der Waals surface area contributed by atoms with Gasteiger partial charge in [-0.15, -0.1) is 0 Å². The van der Waals surface area contributed by atoms with Gasteiger partial charge < -0.3 is 20.7 Å². The maximum absolute atomic E-state index is 12.2. The van der Waals surface area contributed by atoms with Crippen LogP contribution in [0, 0.1) is 20.8 Å². The zero-order chi connectivity index (χ0) is 21.5. The Morgan fingerprint density at radius 1 is 0.967 bits per heavy atom. The highest BCUT2D eigenvalue weighted by molar-refractivity contribution is 5.96. The van der Waals surface area contributed by atoms with Crippen molar-refractivity contribution in [2.24, 2.45) is 0 Å². The molecule has 1 aliphatic carbocycles. The minimum atomic E-state index is -0.246. The first-order valence-corrected chi connectivity index (χ1v) is 10.6. The molecule has 3 N–H and O–H groups in total. The Morgan fingerprint density at radius 3 is 2.37 bits per heavy atom. The summed E-state index contributed by atoms with van der Waals surface area (Å²) in [7, 11) is 0. The van der Waals surface area contributed by atoms with E-state index in [1.54, 1.807) is 0 Å². The Kier molecular flexibility index (Phi) is 7.33. The molecule has 0 spiro atoms. The first-order valence-electron chi connectivity index (χ1n) is 10.6. The molecule has 1 fully saturated rings. The second-order valence-electron chi connectivity index (χ2n) is 8.00. The summed E-state index contributed by atoms with van der Waals surface area (Å²) < 4.78 is 5.99. The van der Waals surface area contributed by atoms with Crippen molar-refractivity contribution < 1.29 is 14.3 Å². The van der Waals surface area contributed by atoms with Gasteiger partial charge in [-0.3, -0.25) is 9.59 Å². The van der Waals surface area contributed by atoms with E-state index in [-0.39, 0.29) is 24.9 Å². The monoisotopic (exact) mass is 409 g/mol. The van der Waals surface area contributed by atoms with Crippen LogP contribution in [-0.4, -0.2) is 31.0 Å². The van der Waals surface area contributed by atoms with Gasteiger partial charge in [-0.2, -0.15) is 0 Å².